The van der Waals surface area contributed by atoms with Crippen LogP contribution >= 0.6 is 0 Å². The Morgan fingerprint density at radius 3 is 0.833 bits per heavy atom. The first-order chi connectivity index (χ1) is 22.6. The largest absolute Gasteiger partial charge is 0.481 e. The standard InChI is InChI=1S/C44H86O4/c1-34(2)17-11-19-36(5)21-13-23-38(7)25-15-27-40(9)29-31-44(43(47)48,33-42(45)46)32-30-41(10)28-16-26-39(8)24-14-22-37(6)20-12-18-35(3)4/h34-41H,11-33H2,1-10H3,(H,45,46)(H,47,48). The van der Waals surface area contributed by atoms with Crippen LogP contribution in [0.2, 0.25) is 0 Å². The number of carboxylic acid groups (broad SMARTS) is 2. The van der Waals surface area contributed by atoms with Crippen molar-refractivity contribution in [3.63, 3.8) is 0 Å². The van der Waals surface area contributed by atoms with Crippen molar-refractivity contribution < 1.29 is 19.8 Å². The summed E-state index contributed by atoms with van der Waals surface area (Å²) in [6, 6.07) is 0. The van der Waals surface area contributed by atoms with Crippen LogP contribution in [-0.4, -0.2) is 22.2 Å². The predicted octanol–water partition coefficient (Wildman–Crippen LogP) is 14.2. The van der Waals surface area contributed by atoms with E-state index in [2.05, 4.69) is 69.2 Å². The van der Waals surface area contributed by atoms with Crippen molar-refractivity contribution in [1.82, 2.24) is 0 Å². The molecule has 0 amide bonds. The van der Waals surface area contributed by atoms with E-state index >= 15 is 0 Å². The number of rotatable bonds is 33. The number of hydrogen-bond donors (Lipinski definition) is 2. The normalized spacial score (nSPS) is 17.2. The fraction of sp³-hybridized carbons (Fsp3) is 0.955. The third-order valence-electron chi connectivity index (χ3n) is 11.7. The molecule has 48 heavy (non-hydrogen) atoms. The first-order valence-corrected chi connectivity index (χ1v) is 21.0. The van der Waals surface area contributed by atoms with Crippen LogP contribution in [0.15, 0.2) is 0 Å². The molecular weight excluding hydrogens is 592 g/mol. The van der Waals surface area contributed by atoms with Crippen molar-refractivity contribution in [2.75, 3.05) is 0 Å². The van der Waals surface area contributed by atoms with E-state index in [-0.39, 0.29) is 6.42 Å². The van der Waals surface area contributed by atoms with Crippen molar-refractivity contribution in [2.45, 2.75) is 217 Å². The molecule has 4 heteroatoms. The molecule has 0 bridgehead atoms. The number of hydrogen-bond acceptors (Lipinski definition) is 2. The van der Waals surface area contributed by atoms with Gasteiger partial charge < -0.3 is 10.2 Å². The minimum atomic E-state index is -1.15. The molecule has 0 aliphatic heterocycles. The SMILES string of the molecule is CC(C)CCCC(C)CCCC(C)CCCC(C)CCC(CCC(C)CCCC(C)CCCC(C)CCCC(C)C)(CC(=O)O)C(=O)O. The number of aliphatic carboxylic acids is 2. The van der Waals surface area contributed by atoms with Crippen LogP contribution in [0, 0.1) is 52.8 Å². The average molecular weight is 679 g/mol. The molecule has 6 atom stereocenters. The van der Waals surface area contributed by atoms with Crippen molar-refractivity contribution in [2.24, 2.45) is 52.8 Å². The molecule has 0 radical (unpaired) electrons. The third-order valence-corrected chi connectivity index (χ3v) is 11.7. The summed E-state index contributed by atoms with van der Waals surface area (Å²) < 4.78 is 0. The monoisotopic (exact) mass is 679 g/mol. The Morgan fingerprint density at radius 2 is 0.625 bits per heavy atom. The summed E-state index contributed by atoms with van der Waals surface area (Å²) in [4.78, 5) is 24.5. The summed E-state index contributed by atoms with van der Waals surface area (Å²) in [5, 5.41) is 20.0. The molecule has 0 rings (SSSR count). The molecule has 0 saturated carbocycles. The quantitative estimate of drug-likeness (QED) is 0.0724. The van der Waals surface area contributed by atoms with Crippen LogP contribution in [0.4, 0.5) is 0 Å². The Labute approximate surface area is 300 Å². The molecule has 0 aliphatic rings. The third kappa shape index (κ3) is 25.8. The zero-order valence-electron chi connectivity index (χ0n) is 34.1. The summed E-state index contributed by atoms with van der Waals surface area (Å²) in [7, 11) is 0. The smallest absolute Gasteiger partial charge is 0.310 e. The second-order valence-corrected chi connectivity index (χ2v) is 18.2. The minimum absolute atomic E-state index is 0.262. The maximum Gasteiger partial charge on any atom is 0.310 e. The molecule has 0 aromatic carbocycles. The average Bonchev–Trinajstić information content (AvgIpc) is 2.97. The van der Waals surface area contributed by atoms with E-state index in [0.29, 0.717) is 24.7 Å². The summed E-state index contributed by atoms with van der Waals surface area (Å²) in [6.07, 6.45) is 25.4. The second kappa shape index (κ2) is 27.6. The van der Waals surface area contributed by atoms with E-state index < -0.39 is 17.4 Å². The molecule has 0 aromatic heterocycles. The van der Waals surface area contributed by atoms with Crippen LogP contribution in [0.3, 0.4) is 0 Å². The van der Waals surface area contributed by atoms with Gasteiger partial charge in [-0.25, -0.2) is 0 Å². The Kier molecular flexibility index (Phi) is 27.0. The summed E-state index contributed by atoms with van der Waals surface area (Å²) in [5.74, 6) is 3.72. The van der Waals surface area contributed by atoms with E-state index in [0.717, 1.165) is 61.2 Å². The highest BCUT2D eigenvalue weighted by molar-refractivity contribution is 5.81. The molecule has 0 aliphatic carbocycles. The van der Waals surface area contributed by atoms with Crippen molar-refractivity contribution in [3.8, 4) is 0 Å². The topological polar surface area (TPSA) is 74.6 Å². The maximum absolute atomic E-state index is 12.6. The Balaban J connectivity index is 4.50. The van der Waals surface area contributed by atoms with Gasteiger partial charge in [0.1, 0.15) is 0 Å². The van der Waals surface area contributed by atoms with Crippen LogP contribution in [0.1, 0.15) is 217 Å². The molecular formula is C44H86O4. The Hall–Kier alpha value is -1.06. The molecule has 0 aromatic rings. The molecule has 6 unspecified atom stereocenters. The van der Waals surface area contributed by atoms with E-state index in [1.54, 1.807) is 0 Å². The number of carboxylic acids is 2. The van der Waals surface area contributed by atoms with Crippen LogP contribution in [-0.2, 0) is 9.59 Å². The van der Waals surface area contributed by atoms with E-state index in [1.807, 2.05) is 0 Å². The highest BCUT2D eigenvalue weighted by Gasteiger charge is 2.40. The van der Waals surface area contributed by atoms with Gasteiger partial charge in [-0.05, 0) is 73.0 Å². The molecule has 2 N–H and O–H groups in total. The molecule has 286 valence electrons. The lowest BCUT2D eigenvalue weighted by Crippen LogP contribution is -2.34. The Bertz CT molecular complexity index is 741. The highest BCUT2D eigenvalue weighted by Crippen LogP contribution is 2.38. The van der Waals surface area contributed by atoms with Crippen LogP contribution < -0.4 is 0 Å². The molecule has 0 heterocycles. The first-order valence-electron chi connectivity index (χ1n) is 21.0. The number of carbonyl (C=O) groups is 2. The van der Waals surface area contributed by atoms with Crippen molar-refractivity contribution in [1.29, 1.82) is 0 Å². The lowest BCUT2D eigenvalue weighted by Gasteiger charge is -2.30. The zero-order chi connectivity index (χ0) is 36.5. The zero-order valence-corrected chi connectivity index (χ0v) is 34.1. The lowest BCUT2D eigenvalue weighted by atomic mass is 9.73. The summed E-state index contributed by atoms with van der Waals surface area (Å²) in [5.41, 5.74) is -1.15. The van der Waals surface area contributed by atoms with Gasteiger partial charge in [0.15, 0.2) is 0 Å². The van der Waals surface area contributed by atoms with E-state index in [1.165, 1.54) is 103 Å². The summed E-state index contributed by atoms with van der Waals surface area (Å²) in [6.45, 7) is 23.3. The van der Waals surface area contributed by atoms with Gasteiger partial charge in [0, 0.05) is 0 Å². The molecule has 0 saturated heterocycles. The summed E-state index contributed by atoms with van der Waals surface area (Å²) >= 11 is 0. The van der Waals surface area contributed by atoms with Gasteiger partial charge in [-0.15, -0.1) is 0 Å². The second-order valence-electron chi connectivity index (χ2n) is 18.2. The predicted molar refractivity (Wildman–Crippen MR) is 209 cm³/mol. The van der Waals surface area contributed by atoms with Crippen molar-refractivity contribution >= 4 is 11.9 Å². The van der Waals surface area contributed by atoms with Gasteiger partial charge in [0.2, 0.25) is 0 Å². The lowest BCUT2D eigenvalue weighted by molar-refractivity contribution is -0.157. The fourth-order valence-electron chi connectivity index (χ4n) is 7.80. The highest BCUT2D eigenvalue weighted by atomic mass is 16.4. The maximum atomic E-state index is 12.6. The van der Waals surface area contributed by atoms with Crippen molar-refractivity contribution in [3.05, 3.63) is 0 Å². The van der Waals surface area contributed by atoms with Gasteiger partial charge in [-0.1, -0.05) is 185 Å². The molecule has 0 spiro atoms. The molecule has 4 nitrogen and oxygen atoms in total. The van der Waals surface area contributed by atoms with Crippen LogP contribution in [0.25, 0.3) is 0 Å². The van der Waals surface area contributed by atoms with Crippen LogP contribution in [0.5, 0.6) is 0 Å². The van der Waals surface area contributed by atoms with Gasteiger partial charge in [-0.2, -0.15) is 0 Å². The van der Waals surface area contributed by atoms with Gasteiger partial charge in [0.25, 0.3) is 0 Å². The van der Waals surface area contributed by atoms with E-state index in [4.69, 9.17) is 0 Å². The Morgan fingerprint density at radius 1 is 0.396 bits per heavy atom. The van der Waals surface area contributed by atoms with Gasteiger partial charge in [-0.3, -0.25) is 9.59 Å². The fourth-order valence-corrected chi connectivity index (χ4v) is 7.80. The first kappa shape index (κ1) is 46.9. The molecule has 0 fully saturated rings. The van der Waals surface area contributed by atoms with Gasteiger partial charge >= 0.3 is 11.9 Å². The van der Waals surface area contributed by atoms with E-state index in [9.17, 15) is 19.8 Å². The minimum Gasteiger partial charge on any atom is -0.481 e. The van der Waals surface area contributed by atoms with Gasteiger partial charge in [0.05, 0.1) is 11.8 Å².